The Morgan fingerprint density at radius 1 is 1.50 bits per heavy atom. The number of nitrogens with zero attached hydrogens (tertiary/aromatic N) is 1. The van der Waals surface area contributed by atoms with Gasteiger partial charge in [0.25, 0.3) is 0 Å². The molecular formula is C8H19N3O. The van der Waals surface area contributed by atoms with E-state index in [4.69, 9.17) is 10.6 Å². The first-order chi connectivity index (χ1) is 5.85. The first kappa shape index (κ1) is 11.4. The summed E-state index contributed by atoms with van der Waals surface area (Å²) in [7, 11) is 0. The van der Waals surface area contributed by atoms with Crippen LogP contribution < -0.4 is 11.3 Å². The van der Waals surface area contributed by atoms with E-state index >= 15 is 0 Å². The molecule has 0 heterocycles. The number of nitrogens with one attached hydrogen (secondary N) is 1. The Balaban J connectivity index is 3.52. The molecule has 0 rings (SSSR count). The normalized spacial score (nSPS) is 11.8. The largest absolute Gasteiger partial charge is 0.381 e. The molecule has 72 valence electrons. The van der Waals surface area contributed by atoms with Crippen LogP contribution in [0.15, 0.2) is 4.99 Å². The highest BCUT2D eigenvalue weighted by atomic mass is 16.5. The van der Waals surface area contributed by atoms with Gasteiger partial charge in [-0.3, -0.25) is 4.99 Å². The molecule has 3 N–H and O–H groups in total. The summed E-state index contributed by atoms with van der Waals surface area (Å²) in [6.45, 7) is 6.31. The third-order valence-electron chi connectivity index (χ3n) is 1.38. The topological polar surface area (TPSA) is 59.6 Å². The third-order valence-corrected chi connectivity index (χ3v) is 1.38. The molecule has 0 saturated heterocycles. The molecule has 0 atom stereocenters. The molecule has 0 spiro atoms. The summed E-state index contributed by atoms with van der Waals surface area (Å²) < 4.78 is 5.17. The van der Waals surface area contributed by atoms with E-state index in [-0.39, 0.29) is 0 Å². The first-order valence-electron chi connectivity index (χ1n) is 4.42. The maximum atomic E-state index is 5.26. The molecule has 0 bridgehead atoms. The van der Waals surface area contributed by atoms with Crippen molar-refractivity contribution in [1.82, 2.24) is 5.43 Å². The van der Waals surface area contributed by atoms with Gasteiger partial charge in [-0.2, -0.15) is 0 Å². The molecular weight excluding hydrogens is 154 g/mol. The maximum absolute atomic E-state index is 5.26. The van der Waals surface area contributed by atoms with Crippen LogP contribution in [0.4, 0.5) is 0 Å². The zero-order chi connectivity index (χ0) is 9.23. The molecule has 0 fully saturated rings. The Hall–Kier alpha value is -0.610. The van der Waals surface area contributed by atoms with E-state index < -0.39 is 0 Å². The summed E-state index contributed by atoms with van der Waals surface area (Å²) >= 11 is 0. The van der Waals surface area contributed by atoms with Crippen LogP contribution in [0.5, 0.6) is 0 Å². The lowest BCUT2D eigenvalue weighted by Gasteiger charge is -2.04. The van der Waals surface area contributed by atoms with Gasteiger partial charge in [-0.1, -0.05) is 6.92 Å². The fourth-order valence-electron chi connectivity index (χ4n) is 0.757. The number of hydrogen-bond donors (Lipinski definition) is 2. The minimum Gasteiger partial charge on any atom is -0.381 e. The second kappa shape index (κ2) is 8.49. The summed E-state index contributed by atoms with van der Waals surface area (Å²) in [5, 5.41) is 0. The highest BCUT2D eigenvalue weighted by Crippen LogP contribution is 1.87. The van der Waals surface area contributed by atoms with Crippen LogP contribution in [0.1, 0.15) is 26.7 Å². The lowest BCUT2D eigenvalue weighted by Crippen LogP contribution is -2.31. The monoisotopic (exact) mass is 173 g/mol. The Labute approximate surface area is 74.2 Å². The Morgan fingerprint density at radius 2 is 2.25 bits per heavy atom. The predicted molar refractivity (Wildman–Crippen MR) is 51.0 cm³/mol. The SMILES string of the molecule is CCCN=C(CCOCC)NN. The van der Waals surface area contributed by atoms with E-state index in [9.17, 15) is 0 Å². The maximum Gasteiger partial charge on any atom is 0.113 e. The lowest BCUT2D eigenvalue weighted by molar-refractivity contribution is 0.154. The Bertz CT molecular complexity index is 125. The number of ether oxygens (including phenoxy) is 1. The first-order valence-corrected chi connectivity index (χ1v) is 4.42. The van der Waals surface area contributed by atoms with Gasteiger partial charge in [-0.25, -0.2) is 5.84 Å². The smallest absolute Gasteiger partial charge is 0.113 e. The molecule has 0 saturated carbocycles. The van der Waals surface area contributed by atoms with Crippen LogP contribution in [0, 0.1) is 0 Å². The van der Waals surface area contributed by atoms with Crippen molar-refractivity contribution in [2.45, 2.75) is 26.7 Å². The van der Waals surface area contributed by atoms with Crippen LogP contribution in [-0.2, 0) is 4.74 Å². The standard InChI is InChI=1S/C8H19N3O/c1-3-6-10-8(11-9)5-7-12-4-2/h3-7,9H2,1-2H3,(H,10,11). The molecule has 4 heteroatoms. The number of aliphatic imine (C=N–C) groups is 1. The number of rotatable bonds is 6. The van der Waals surface area contributed by atoms with Crippen molar-refractivity contribution in [3.05, 3.63) is 0 Å². The summed E-state index contributed by atoms with van der Waals surface area (Å²) in [4.78, 5) is 4.23. The van der Waals surface area contributed by atoms with Crippen molar-refractivity contribution < 1.29 is 4.74 Å². The Morgan fingerprint density at radius 3 is 2.75 bits per heavy atom. The minimum atomic E-state index is 0.684. The van der Waals surface area contributed by atoms with Gasteiger partial charge in [-0.05, 0) is 13.3 Å². The van der Waals surface area contributed by atoms with Gasteiger partial charge in [0.05, 0.1) is 6.61 Å². The van der Waals surface area contributed by atoms with Crippen molar-refractivity contribution in [3.8, 4) is 0 Å². The summed E-state index contributed by atoms with van der Waals surface area (Å²) in [6, 6.07) is 0. The fourth-order valence-corrected chi connectivity index (χ4v) is 0.757. The highest BCUT2D eigenvalue weighted by Gasteiger charge is 1.94. The van der Waals surface area contributed by atoms with Crippen molar-refractivity contribution in [2.75, 3.05) is 19.8 Å². The highest BCUT2D eigenvalue weighted by molar-refractivity contribution is 5.81. The predicted octanol–water partition coefficient (Wildman–Crippen LogP) is 0.685. The molecule has 0 radical (unpaired) electrons. The number of hydrazine groups is 1. The number of nitrogens with two attached hydrogens (primary N) is 1. The van der Waals surface area contributed by atoms with Crippen LogP contribution >= 0.6 is 0 Å². The second-order valence-corrected chi connectivity index (χ2v) is 2.42. The third kappa shape index (κ3) is 6.12. The lowest BCUT2D eigenvalue weighted by atomic mass is 10.4. The van der Waals surface area contributed by atoms with Crippen LogP contribution in [0.3, 0.4) is 0 Å². The van der Waals surface area contributed by atoms with Crippen molar-refractivity contribution >= 4 is 5.84 Å². The quantitative estimate of drug-likeness (QED) is 0.204. The van der Waals surface area contributed by atoms with Gasteiger partial charge in [0.1, 0.15) is 5.84 Å². The average Bonchev–Trinajstić information content (AvgIpc) is 2.11. The summed E-state index contributed by atoms with van der Waals surface area (Å²) in [5.41, 5.74) is 2.57. The molecule has 0 aromatic carbocycles. The molecule has 0 amide bonds. The zero-order valence-corrected chi connectivity index (χ0v) is 7.97. The van der Waals surface area contributed by atoms with Crippen LogP contribution in [-0.4, -0.2) is 25.6 Å². The average molecular weight is 173 g/mol. The van der Waals surface area contributed by atoms with Gasteiger partial charge in [0, 0.05) is 19.6 Å². The van der Waals surface area contributed by atoms with E-state index in [2.05, 4.69) is 17.3 Å². The van der Waals surface area contributed by atoms with Crippen LogP contribution in [0.2, 0.25) is 0 Å². The molecule has 0 aromatic rings. The minimum absolute atomic E-state index is 0.684. The fraction of sp³-hybridized carbons (Fsp3) is 0.875. The van der Waals surface area contributed by atoms with E-state index in [0.29, 0.717) is 6.61 Å². The van der Waals surface area contributed by atoms with E-state index in [1.54, 1.807) is 0 Å². The molecule has 0 unspecified atom stereocenters. The second-order valence-electron chi connectivity index (χ2n) is 2.42. The molecule has 0 aliphatic heterocycles. The number of hydrogen-bond acceptors (Lipinski definition) is 3. The zero-order valence-electron chi connectivity index (χ0n) is 7.97. The summed E-state index contributed by atoms with van der Waals surface area (Å²) in [5.74, 6) is 6.08. The van der Waals surface area contributed by atoms with Crippen molar-refractivity contribution in [2.24, 2.45) is 10.8 Å². The van der Waals surface area contributed by atoms with Gasteiger partial charge in [-0.15, -0.1) is 0 Å². The number of amidine groups is 1. The van der Waals surface area contributed by atoms with Gasteiger partial charge in [0.2, 0.25) is 0 Å². The van der Waals surface area contributed by atoms with E-state index in [1.165, 1.54) is 0 Å². The molecule has 4 nitrogen and oxygen atoms in total. The van der Waals surface area contributed by atoms with Crippen molar-refractivity contribution in [1.29, 1.82) is 0 Å². The van der Waals surface area contributed by atoms with Gasteiger partial charge in [0.15, 0.2) is 0 Å². The van der Waals surface area contributed by atoms with Gasteiger partial charge < -0.3 is 10.2 Å². The van der Waals surface area contributed by atoms with Crippen molar-refractivity contribution in [3.63, 3.8) is 0 Å². The molecule has 12 heavy (non-hydrogen) atoms. The molecule has 0 aromatic heterocycles. The molecule has 0 aliphatic carbocycles. The summed E-state index contributed by atoms with van der Waals surface area (Å²) in [6.07, 6.45) is 1.81. The van der Waals surface area contributed by atoms with E-state index in [0.717, 1.165) is 31.8 Å². The van der Waals surface area contributed by atoms with E-state index in [1.807, 2.05) is 6.92 Å². The van der Waals surface area contributed by atoms with Gasteiger partial charge >= 0.3 is 0 Å². The van der Waals surface area contributed by atoms with Crippen LogP contribution in [0.25, 0.3) is 0 Å². The Kier molecular flexibility index (Phi) is 8.05. The molecule has 0 aliphatic rings.